The van der Waals surface area contributed by atoms with Gasteiger partial charge in [-0.05, 0) is 31.9 Å². The van der Waals surface area contributed by atoms with Gasteiger partial charge < -0.3 is 9.47 Å². The van der Waals surface area contributed by atoms with E-state index in [1.54, 1.807) is 14.2 Å². The van der Waals surface area contributed by atoms with Gasteiger partial charge in [-0.25, -0.2) is 0 Å². The molecule has 0 aromatic heterocycles. The van der Waals surface area contributed by atoms with Crippen LogP contribution in [0.2, 0.25) is 0 Å². The number of ether oxygens (including phenoxy) is 2. The molecule has 118 valence electrons. The van der Waals surface area contributed by atoms with Crippen LogP contribution in [0.3, 0.4) is 0 Å². The molecule has 21 heavy (non-hydrogen) atoms. The summed E-state index contributed by atoms with van der Waals surface area (Å²) in [6.07, 6.45) is 5.11. The summed E-state index contributed by atoms with van der Waals surface area (Å²) in [6.45, 7) is 4.29. The van der Waals surface area contributed by atoms with Gasteiger partial charge in [-0.2, -0.15) is 0 Å². The standard InChI is InChI=1S/C17H26ClNO2/c1-4-13-7-5-6-10-19(13)12-16(18)15-9-8-14(20-2)11-17(15)21-3/h8-9,11,13,16H,4-7,10,12H2,1-3H3. The van der Waals surface area contributed by atoms with Gasteiger partial charge in [0.15, 0.2) is 0 Å². The topological polar surface area (TPSA) is 21.7 Å². The lowest BCUT2D eigenvalue weighted by atomic mass is 9.99. The fourth-order valence-corrected chi connectivity index (χ4v) is 3.50. The fraction of sp³-hybridized carbons (Fsp3) is 0.647. The van der Waals surface area contributed by atoms with Crippen molar-refractivity contribution in [3.8, 4) is 11.5 Å². The minimum atomic E-state index is -0.0574. The third kappa shape index (κ3) is 4.04. The lowest BCUT2D eigenvalue weighted by Crippen LogP contribution is -2.40. The molecule has 1 aliphatic rings. The number of rotatable bonds is 6. The number of benzene rings is 1. The zero-order valence-corrected chi connectivity index (χ0v) is 14.0. The second-order valence-corrected chi connectivity index (χ2v) is 6.16. The maximum atomic E-state index is 6.68. The number of alkyl halides is 1. The van der Waals surface area contributed by atoms with Crippen LogP contribution in [0.25, 0.3) is 0 Å². The average molecular weight is 312 g/mol. The summed E-state index contributed by atoms with van der Waals surface area (Å²) in [5, 5.41) is -0.0574. The van der Waals surface area contributed by atoms with Crippen LogP contribution in [0.4, 0.5) is 0 Å². The highest BCUT2D eigenvalue weighted by Gasteiger charge is 2.24. The SMILES string of the molecule is CCC1CCCCN1CC(Cl)c1ccc(OC)cc1OC. The molecule has 2 rings (SSSR count). The highest BCUT2D eigenvalue weighted by atomic mass is 35.5. The van der Waals surface area contributed by atoms with Gasteiger partial charge in [-0.3, -0.25) is 4.90 Å². The van der Waals surface area contributed by atoms with E-state index in [2.05, 4.69) is 11.8 Å². The van der Waals surface area contributed by atoms with Crippen LogP contribution in [0, 0.1) is 0 Å². The maximum Gasteiger partial charge on any atom is 0.127 e. The summed E-state index contributed by atoms with van der Waals surface area (Å²) in [5.74, 6) is 1.60. The Morgan fingerprint density at radius 3 is 2.76 bits per heavy atom. The molecule has 0 aliphatic carbocycles. The second-order valence-electron chi connectivity index (χ2n) is 5.63. The van der Waals surface area contributed by atoms with Crippen LogP contribution in [0.15, 0.2) is 18.2 Å². The molecular weight excluding hydrogens is 286 g/mol. The predicted octanol–water partition coefficient (Wildman–Crippen LogP) is 4.25. The van der Waals surface area contributed by atoms with Gasteiger partial charge in [0, 0.05) is 24.2 Å². The Kier molecular flexibility index (Phi) is 6.19. The molecule has 0 N–H and O–H groups in total. The third-order valence-electron chi connectivity index (χ3n) is 4.39. The molecule has 3 nitrogen and oxygen atoms in total. The van der Waals surface area contributed by atoms with E-state index in [0.29, 0.717) is 6.04 Å². The number of hydrogen-bond acceptors (Lipinski definition) is 3. The monoisotopic (exact) mass is 311 g/mol. The van der Waals surface area contributed by atoms with Gasteiger partial charge in [0.1, 0.15) is 11.5 Å². The molecular formula is C17H26ClNO2. The zero-order chi connectivity index (χ0) is 15.2. The number of nitrogens with zero attached hydrogens (tertiary/aromatic N) is 1. The summed E-state index contributed by atoms with van der Waals surface area (Å²) >= 11 is 6.68. The second kappa shape index (κ2) is 7.90. The smallest absolute Gasteiger partial charge is 0.127 e. The molecule has 1 aromatic carbocycles. The normalized spacial score (nSPS) is 21.0. The molecule has 0 spiro atoms. The van der Waals surface area contributed by atoms with Crippen molar-refractivity contribution in [2.45, 2.75) is 44.0 Å². The van der Waals surface area contributed by atoms with Gasteiger partial charge in [0.2, 0.25) is 0 Å². The summed E-state index contributed by atoms with van der Waals surface area (Å²) in [5.41, 5.74) is 1.04. The first-order valence-electron chi connectivity index (χ1n) is 7.79. The first-order chi connectivity index (χ1) is 10.2. The maximum absolute atomic E-state index is 6.68. The summed E-state index contributed by atoms with van der Waals surface area (Å²) < 4.78 is 10.7. The molecule has 1 aromatic rings. The molecule has 0 radical (unpaired) electrons. The Balaban J connectivity index is 2.10. The van der Waals surface area contributed by atoms with E-state index in [1.807, 2.05) is 18.2 Å². The van der Waals surface area contributed by atoms with Crippen LogP contribution < -0.4 is 9.47 Å². The number of halogens is 1. The van der Waals surface area contributed by atoms with Gasteiger partial charge in [-0.15, -0.1) is 11.6 Å². The van der Waals surface area contributed by atoms with E-state index in [-0.39, 0.29) is 5.38 Å². The molecule has 4 heteroatoms. The largest absolute Gasteiger partial charge is 0.497 e. The molecule has 1 saturated heterocycles. The van der Waals surface area contributed by atoms with E-state index < -0.39 is 0 Å². The van der Waals surface area contributed by atoms with E-state index in [4.69, 9.17) is 21.1 Å². The molecule has 0 amide bonds. The van der Waals surface area contributed by atoms with E-state index in [9.17, 15) is 0 Å². The summed E-state index contributed by atoms with van der Waals surface area (Å²) in [6, 6.07) is 6.53. The zero-order valence-electron chi connectivity index (χ0n) is 13.3. The van der Waals surface area contributed by atoms with Crippen molar-refractivity contribution in [3.63, 3.8) is 0 Å². The molecule has 0 saturated carbocycles. The van der Waals surface area contributed by atoms with Crippen LogP contribution in [0.5, 0.6) is 11.5 Å². The first-order valence-corrected chi connectivity index (χ1v) is 8.23. The van der Waals surface area contributed by atoms with Gasteiger partial charge in [-0.1, -0.05) is 19.4 Å². The Hall–Kier alpha value is -0.930. The van der Waals surface area contributed by atoms with Crippen LogP contribution in [-0.4, -0.2) is 38.3 Å². The summed E-state index contributed by atoms with van der Waals surface area (Å²) in [4.78, 5) is 2.53. The summed E-state index contributed by atoms with van der Waals surface area (Å²) in [7, 11) is 3.34. The van der Waals surface area contributed by atoms with E-state index in [1.165, 1.54) is 25.7 Å². The highest BCUT2D eigenvalue weighted by molar-refractivity contribution is 6.21. The van der Waals surface area contributed by atoms with Gasteiger partial charge in [0.25, 0.3) is 0 Å². The molecule has 1 aliphatic heterocycles. The first kappa shape index (κ1) is 16.4. The van der Waals surface area contributed by atoms with E-state index >= 15 is 0 Å². The number of piperidine rings is 1. The molecule has 2 unspecified atom stereocenters. The predicted molar refractivity (Wildman–Crippen MR) is 87.6 cm³/mol. The van der Waals surface area contributed by atoms with Crippen molar-refractivity contribution < 1.29 is 9.47 Å². The van der Waals surface area contributed by atoms with E-state index in [0.717, 1.165) is 30.2 Å². The van der Waals surface area contributed by atoms with Gasteiger partial charge in [0.05, 0.1) is 19.6 Å². The van der Waals surface area contributed by atoms with Crippen molar-refractivity contribution >= 4 is 11.6 Å². The van der Waals surface area contributed by atoms with Crippen LogP contribution in [0.1, 0.15) is 43.5 Å². The Morgan fingerprint density at radius 1 is 1.29 bits per heavy atom. The molecule has 1 heterocycles. The molecule has 0 bridgehead atoms. The molecule has 1 fully saturated rings. The fourth-order valence-electron chi connectivity index (χ4n) is 3.14. The molecule has 2 atom stereocenters. The van der Waals surface area contributed by atoms with Crippen LogP contribution >= 0.6 is 11.6 Å². The number of hydrogen-bond donors (Lipinski definition) is 0. The minimum Gasteiger partial charge on any atom is -0.497 e. The lowest BCUT2D eigenvalue weighted by Gasteiger charge is -2.36. The third-order valence-corrected chi connectivity index (χ3v) is 4.77. The Morgan fingerprint density at radius 2 is 2.10 bits per heavy atom. The Bertz CT molecular complexity index is 452. The quantitative estimate of drug-likeness (QED) is 0.733. The average Bonchev–Trinajstić information content (AvgIpc) is 2.54. The van der Waals surface area contributed by atoms with Gasteiger partial charge >= 0.3 is 0 Å². The van der Waals surface area contributed by atoms with Crippen molar-refractivity contribution in [3.05, 3.63) is 23.8 Å². The lowest BCUT2D eigenvalue weighted by molar-refractivity contribution is 0.144. The number of likely N-dealkylation sites (tertiary alicyclic amines) is 1. The van der Waals surface area contributed by atoms with Crippen molar-refractivity contribution in [2.24, 2.45) is 0 Å². The Labute approximate surface area is 133 Å². The van der Waals surface area contributed by atoms with Crippen molar-refractivity contribution in [1.82, 2.24) is 4.90 Å². The highest BCUT2D eigenvalue weighted by Crippen LogP contribution is 2.34. The van der Waals surface area contributed by atoms with Crippen LogP contribution in [-0.2, 0) is 0 Å². The minimum absolute atomic E-state index is 0.0574. The van der Waals surface area contributed by atoms with Crippen molar-refractivity contribution in [2.75, 3.05) is 27.3 Å². The van der Waals surface area contributed by atoms with Crippen molar-refractivity contribution in [1.29, 1.82) is 0 Å². The number of methoxy groups -OCH3 is 2.